The Bertz CT molecular complexity index is 365. The van der Waals surface area contributed by atoms with E-state index in [0.29, 0.717) is 12.0 Å². The van der Waals surface area contributed by atoms with Gasteiger partial charge in [0.15, 0.2) is 0 Å². The lowest BCUT2D eigenvalue weighted by Crippen LogP contribution is -2.16. The summed E-state index contributed by atoms with van der Waals surface area (Å²) >= 11 is 0. The van der Waals surface area contributed by atoms with Crippen molar-refractivity contribution in [1.82, 2.24) is 0 Å². The standard InChI is InChI=1S/C13H16O3/c1-3-5-10-6-8-11(9-7-10)13(15)16-12(14)4-2/h3,5-9,12,14H,4H2,1-2H3. The Morgan fingerprint density at radius 2 is 2.06 bits per heavy atom. The van der Waals surface area contributed by atoms with Crippen LogP contribution in [-0.2, 0) is 4.74 Å². The molecule has 0 spiro atoms. The van der Waals surface area contributed by atoms with Crippen molar-refractivity contribution in [2.75, 3.05) is 0 Å². The van der Waals surface area contributed by atoms with Crippen LogP contribution < -0.4 is 0 Å². The summed E-state index contributed by atoms with van der Waals surface area (Å²) in [4.78, 5) is 11.5. The SMILES string of the molecule is CC=Cc1ccc(C(=O)OC(O)CC)cc1. The Morgan fingerprint density at radius 1 is 1.44 bits per heavy atom. The number of carbonyl (C=O) groups excluding carboxylic acids is 1. The monoisotopic (exact) mass is 220 g/mol. The Balaban J connectivity index is 2.70. The number of rotatable bonds is 4. The molecule has 1 rings (SSSR count). The molecule has 0 aliphatic carbocycles. The van der Waals surface area contributed by atoms with Crippen molar-refractivity contribution in [2.24, 2.45) is 0 Å². The van der Waals surface area contributed by atoms with Crippen molar-refractivity contribution in [3.63, 3.8) is 0 Å². The highest BCUT2D eigenvalue weighted by Crippen LogP contribution is 2.08. The Hall–Kier alpha value is -1.61. The first kappa shape index (κ1) is 12.5. The van der Waals surface area contributed by atoms with Gasteiger partial charge in [0, 0.05) is 6.42 Å². The van der Waals surface area contributed by atoms with Crippen molar-refractivity contribution < 1.29 is 14.6 Å². The smallest absolute Gasteiger partial charge is 0.340 e. The molecule has 1 atom stereocenters. The average Bonchev–Trinajstić information content (AvgIpc) is 2.30. The molecule has 1 aromatic carbocycles. The summed E-state index contributed by atoms with van der Waals surface area (Å²) < 4.78 is 4.78. The third-order valence-electron chi connectivity index (χ3n) is 2.10. The van der Waals surface area contributed by atoms with Gasteiger partial charge in [0.2, 0.25) is 6.29 Å². The second kappa shape index (κ2) is 6.08. The van der Waals surface area contributed by atoms with Crippen molar-refractivity contribution in [3.05, 3.63) is 41.5 Å². The zero-order valence-corrected chi connectivity index (χ0v) is 9.51. The number of benzene rings is 1. The normalized spacial score (nSPS) is 12.7. The van der Waals surface area contributed by atoms with Gasteiger partial charge < -0.3 is 9.84 Å². The molecule has 0 aliphatic heterocycles. The molecule has 0 radical (unpaired) electrons. The van der Waals surface area contributed by atoms with Gasteiger partial charge in [-0.1, -0.05) is 31.2 Å². The molecule has 0 aliphatic rings. The Labute approximate surface area is 95.4 Å². The number of esters is 1. The fourth-order valence-corrected chi connectivity index (χ4v) is 1.20. The maximum absolute atomic E-state index is 11.5. The minimum Gasteiger partial charge on any atom is -0.432 e. The molecule has 1 aromatic rings. The lowest BCUT2D eigenvalue weighted by molar-refractivity contribution is -0.0656. The maximum Gasteiger partial charge on any atom is 0.340 e. The van der Waals surface area contributed by atoms with Crippen molar-refractivity contribution in [1.29, 1.82) is 0 Å². The van der Waals surface area contributed by atoms with Crippen LogP contribution in [0.5, 0.6) is 0 Å². The highest BCUT2D eigenvalue weighted by atomic mass is 16.6. The molecular weight excluding hydrogens is 204 g/mol. The van der Waals surface area contributed by atoms with Gasteiger partial charge in [0.25, 0.3) is 0 Å². The van der Waals surface area contributed by atoms with Gasteiger partial charge in [-0.3, -0.25) is 0 Å². The number of allylic oxidation sites excluding steroid dienone is 1. The molecule has 0 amide bonds. The number of carbonyl (C=O) groups is 1. The third kappa shape index (κ3) is 3.51. The lowest BCUT2D eigenvalue weighted by Gasteiger charge is -2.09. The molecule has 0 saturated carbocycles. The van der Waals surface area contributed by atoms with Gasteiger partial charge in [-0.05, 0) is 24.6 Å². The molecule has 1 N–H and O–H groups in total. The van der Waals surface area contributed by atoms with Crippen LogP contribution in [0.2, 0.25) is 0 Å². The largest absolute Gasteiger partial charge is 0.432 e. The summed E-state index contributed by atoms with van der Waals surface area (Å²) in [5.41, 5.74) is 1.47. The molecule has 0 bridgehead atoms. The van der Waals surface area contributed by atoms with E-state index in [9.17, 15) is 9.90 Å². The molecule has 86 valence electrons. The number of ether oxygens (including phenoxy) is 1. The average molecular weight is 220 g/mol. The molecule has 3 nitrogen and oxygen atoms in total. The number of aliphatic hydroxyl groups is 1. The number of hydrogen-bond acceptors (Lipinski definition) is 3. The van der Waals surface area contributed by atoms with E-state index in [4.69, 9.17) is 4.74 Å². The summed E-state index contributed by atoms with van der Waals surface area (Å²) in [6.45, 7) is 3.67. The quantitative estimate of drug-likeness (QED) is 0.626. The molecule has 0 fully saturated rings. The highest BCUT2D eigenvalue weighted by molar-refractivity contribution is 5.89. The van der Waals surface area contributed by atoms with E-state index in [2.05, 4.69) is 0 Å². The lowest BCUT2D eigenvalue weighted by atomic mass is 10.1. The minimum atomic E-state index is -1.03. The molecule has 1 unspecified atom stereocenters. The van der Waals surface area contributed by atoms with Crippen LogP contribution in [-0.4, -0.2) is 17.4 Å². The van der Waals surface area contributed by atoms with Crippen molar-refractivity contribution >= 4 is 12.0 Å². The molecule has 0 aromatic heterocycles. The summed E-state index contributed by atoms with van der Waals surface area (Å²) in [7, 11) is 0. The molecule has 16 heavy (non-hydrogen) atoms. The van der Waals surface area contributed by atoms with Crippen LogP contribution in [0, 0.1) is 0 Å². The van der Waals surface area contributed by atoms with E-state index in [1.807, 2.05) is 31.2 Å². The van der Waals surface area contributed by atoms with Gasteiger partial charge in [-0.25, -0.2) is 4.79 Å². The van der Waals surface area contributed by atoms with E-state index >= 15 is 0 Å². The fraction of sp³-hybridized carbons (Fsp3) is 0.308. The second-order valence-electron chi connectivity index (χ2n) is 3.39. The van der Waals surface area contributed by atoms with Crippen molar-refractivity contribution in [3.8, 4) is 0 Å². The van der Waals surface area contributed by atoms with E-state index in [-0.39, 0.29) is 0 Å². The predicted octanol–water partition coefficient (Wildman–Crippen LogP) is 2.60. The van der Waals surface area contributed by atoms with Crippen LogP contribution >= 0.6 is 0 Å². The first-order valence-corrected chi connectivity index (χ1v) is 5.29. The van der Waals surface area contributed by atoms with E-state index in [0.717, 1.165) is 5.56 Å². The predicted molar refractivity (Wildman–Crippen MR) is 62.9 cm³/mol. The Kier molecular flexibility index (Phi) is 4.73. The number of hydrogen-bond donors (Lipinski definition) is 1. The first-order chi connectivity index (χ1) is 7.67. The van der Waals surface area contributed by atoms with Crippen LogP contribution in [0.25, 0.3) is 6.08 Å². The third-order valence-corrected chi connectivity index (χ3v) is 2.10. The maximum atomic E-state index is 11.5. The molecule has 0 saturated heterocycles. The second-order valence-corrected chi connectivity index (χ2v) is 3.39. The topological polar surface area (TPSA) is 46.5 Å². The fourth-order valence-electron chi connectivity index (χ4n) is 1.20. The van der Waals surface area contributed by atoms with Gasteiger partial charge in [0.1, 0.15) is 0 Å². The summed E-state index contributed by atoms with van der Waals surface area (Å²) in [5, 5.41) is 9.17. The zero-order valence-electron chi connectivity index (χ0n) is 9.51. The minimum absolute atomic E-state index is 0.391. The summed E-state index contributed by atoms with van der Waals surface area (Å²) in [5.74, 6) is -0.499. The summed E-state index contributed by atoms with van der Waals surface area (Å²) in [6, 6.07) is 7.02. The van der Waals surface area contributed by atoms with Crippen LogP contribution in [0.1, 0.15) is 36.2 Å². The van der Waals surface area contributed by atoms with Crippen LogP contribution in [0.15, 0.2) is 30.3 Å². The first-order valence-electron chi connectivity index (χ1n) is 5.29. The zero-order chi connectivity index (χ0) is 12.0. The van der Waals surface area contributed by atoms with E-state index in [1.54, 1.807) is 19.1 Å². The van der Waals surface area contributed by atoms with E-state index in [1.165, 1.54) is 0 Å². The molecule has 0 heterocycles. The Morgan fingerprint density at radius 3 is 2.56 bits per heavy atom. The van der Waals surface area contributed by atoms with Gasteiger partial charge >= 0.3 is 5.97 Å². The van der Waals surface area contributed by atoms with E-state index < -0.39 is 12.3 Å². The van der Waals surface area contributed by atoms with Crippen LogP contribution in [0.4, 0.5) is 0 Å². The summed E-state index contributed by atoms with van der Waals surface area (Å²) in [6.07, 6.45) is 3.23. The highest BCUT2D eigenvalue weighted by Gasteiger charge is 2.10. The van der Waals surface area contributed by atoms with Crippen molar-refractivity contribution in [2.45, 2.75) is 26.6 Å². The van der Waals surface area contributed by atoms with Gasteiger partial charge in [-0.15, -0.1) is 0 Å². The van der Waals surface area contributed by atoms with Crippen LogP contribution in [0.3, 0.4) is 0 Å². The number of aliphatic hydroxyl groups excluding tert-OH is 1. The van der Waals surface area contributed by atoms with Gasteiger partial charge in [-0.2, -0.15) is 0 Å². The van der Waals surface area contributed by atoms with Gasteiger partial charge in [0.05, 0.1) is 5.56 Å². The molecule has 3 heteroatoms. The molecular formula is C13H16O3.